The normalized spacial score (nSPS) is 37.1. The van der Waals surface area contributed by atoms with Gasteiger partial charge in [-0.05, 0) is 86.5 Å². The fourth-order valence-electron chi connectivity index (χ4n) is 6.24. The highest BCUT2D eigenvalue weighted by atomic mass is 16.2. The minimum atomic E-state index is 0.177. The third kappa shape index (κ3) is 2.93. The standard InChI is InChI=1S/C22H28N2O2/c25-21(19-11-13-1-3-15(19)9-13)23-17-5-7-18(8-6-17)24-22(26)20-12-14-2-4-16(20)10-14/h5-8,13-16,19-20H,1-4,9-12H2,(H,23,25)(H,24,26)/t13-,14+,15-,16+,19-,20+. The summed E-state index contributed by atoms with van der Waals surface area (Å²) < 4.78 is 0. The van der Waals surface area contributed by atoms with E-state index in [1.54, 1.807) is 0 Å². The number of rotatable bonds is 4. The summed E-state index contributed by atoms with van der Waals surface area (Å²) in [6, 6.07) is 7.62. The van der Waals surface area contributed by atoms with E-state index in [9.17, 15) is 9.59 Å². The number of anilines is 2. The lowest BCUT2D eigenvalue weighted by atomic mass is 9.88. The third-order valence-electron chi connectivity index (χ3n) is 7.57. The molecule has 138 valence electrons. The molecule has 0 aliphatic heterocycles. The number of benzene rings is 1. The van der Waals surface area contributed by atoms with Crippen LogP contribution >= 0.6 is 0 Å². The van der Waals surface area contributed by atoms with Crippen LogP contribution in [-0.2, 0) is 9.59 Å². The zero-order valence-electron chi connectivity index (χ0n) is 15.2. The fourth-order valence-corrected chi connectivity index (χ4v) is 6.24. The second kappa shape index (κ2) is 6.40. The highest BCUT2D eigenvalue weighted by Crippen LogP contribution is 2.49. The van der Waals surface area contributed by atoms with Crippen molar-refractivity contribution in [1.29, 1.82) is 0 Å². The topological polar surface area (TPSA) is 58.2 Å². The van der Waals surface area contributed by atoms with Crippen molar-refractivity contribution in [2.24, 2.45) is 35.5 Å². The zero-order valence-corrected chi connectivity index (χ0v) is 15.2. The number of amides is 2. The molecule has 4 saturated carbocycles. The first kappa shape index (κ1) is 16.3. The van der Waals surface area contributed by atoms with Gasteiger partial charge in [0, 0.05) is 23.2 Å². The number of carbonyl (C=O) groups is 2. The van der Waals surface area contributed by atoms with Gasteiger partial charge in [0.1, 0.15) is 0 Å². The second-order valence-corrected chi connectivity index (χ2v) is 9.12. The molecule has 0 unspecified atom stereocenters. The van der Waals surface area contributed by atoms with Crippen LogP contribution in [0, 0.1) is 35.5 Å². The molecule has 4 aliphatic rings. The van der Waals surface area contributed by atoms with E-state index in [1.807, 2.05) is 24.3 Å². The van der Waals surface area contributed by atoms with E-state index in [0.717, 1.165) is 36.1 Å². The lowest BCUT2D eigenvalue weighted by Crippen LogP contribution is -2.27. The van der Waals surface area contributed by atoms with Crippen molar-refractivity contribution < 1.29 is 9.59 Å². The second-order valence-electron chi connectivity index (χ2n) is 9.12. The first-order chi connectivity index (χ1) is 12.7. The van der Waals surface area contributed by atoms with Gasteiger partial charge in [-0.15, -0.1) is 0 Å². The van der Waals surface area contributed by atoms with Crippen LogP contribution in [0.15, 0.2) is 24.3 Å². The van der Waals surface area contributed by atoms with Gasteiger partial charge in [-0.1, -0.05) is 12.8 Å². The Hall–Kier alpha value is -1.84. The smallest absolute Gasteiger partial charge is 0.227 e. The van der Waals surface area contributed by atoms with Gasteiger partial charge in [0.15, 0.2) is 0 Å². The van der Waals surface area contributed by atoms with Gasteiger partial charge >= 0.3 is 0 Å². The maximum Gasteiger partial charge on any atom is 0.227 e. The van der Waals surface area contributed by atoms with Gasteiger partial charge in [-0.3, -0.25) is 9.59 Å². The van der Waals surface area contributed by atoms with Gasteiger partial charge in [-0.25, -0.2) is 0 Å². The van der Waals surface area contributed by atoms with Gasteiger partial charge in [0.25, 0.3) is 0 Å². The van der Waals surface area contributed by atoms with Crippen molar-refractivity contribution in [3.05, 3.63) is 24.3 Å². The maximum absolute atomic E-state index is 12.5. The summed E-state index contributed by atoms with van der Waals surface area (Å²) in [4.78, 5) is 25.1. The molecule has 1 aromatic rings. The number of hydrogen-bond donors (Lipinski definition) is 2. The van der Waals surface area contributed by atoms with Crippen LogP contribution in [0.25, 0.3) is 0 Å². The van der Waals surface area contributed by atoms with Crippen molar-refractivity contribution >= 4 is 23.2 Å². The van der Waals surface area contributed by atoms with E-state index >= 15 is 0 Å². The van der Waals surface area contributed by atoms with Crippen LogP contribution in [0.5, 0.6) is 0 Å². The number of nitrogens with one attached hydrogen (secondary N) is 2. The molecule has 0 aromatic heterocycles. The number of hydrogen-bond acceptors (Lipinski definition) is 2. The molecule has 0 heterocycles. The Kier molecular flexibility index (Phi) is 4.02. The number of fused-ring (bicyclic) bond motifs is 4. The van der Waals surface area contributed by atoms with Gasteiger partial charge in [0.05, 0.1) is 0 Å². The molecule has 6 atom stereocenters. The Morgan fingerprint density at radius 3 is 1.38 bits per heavy atom. The largest absolute Gasteiger partial charge is 0.326 e. The van der Waals surface area contributed by atoms with E-state index in [0.29, 0.717) is 11.8 Å². The average molecular weight is 352 g/mol. The van der Waals surface area contributed by atoms with Crippen LogP contribution in [0.4, 0.5) is 11.4 Å². The fraction of sp³-hybridized carbons (Fsp3) is 0.636. The lowest BCUT2D eigenvalue weighted by molar-refractivity contribution is -0.122. The SMILES string of the molecule is O=C(Nc1ccc(NC(=O)[C@@H]2C[C@@H]3CC[C@@H]2C3)cc1)[C@H]1C[C@H]2CC[C@H]1C2. The van der Waals surface area contributed by atoms with E-state index in [-0.39, 0.29) is 23.7 Å². The van der Waals surface area contributed by atoms with Crippen LogP contribution in [0.1, 0.15) is 51.4 Å². The van der Waals surface area contributed by atoms with Crippen molar-refractivity contribution in [1.82, 2.24) is 0 Å². The summed E-state index contributed by atoms with van der Waals surface area (Å²) in [6.45, 7) is 0. The van der Waals surface area contributed by atoms with Crippen molar-refractivity contribution in [2.75, 3.05) is 10.6 Å². The van der Waals surface area contributed by atoms with Crippen LogP contribution in [0.3, 0.4) is 0 Å². The average Bonchev–Trinajstić information content (AvgIpc) is 3.43. The van der Waals surface area contributed by atoms with E-state index in [4.69, 9.17) is 0 Å². The first-order valence-electron chi connectivity index (χ1n) is 10.4. The minimum Gasteiger partial charge on any atom is -0.326 e. The summed E-state index contributed by atoms with van der Waals surface area (Å²) in [6.07, 6.45) is 9.67. The van der Waals surface area contributed by atoms with Crippen LogP contribution in [-0.4, -0.2) is 11.8 Å². The van der Waals surface area contributed by atoms with Crippen molar-refractivity contribution in [3.63, 3.8) is 0 Å². The number of carbonyl (C=O) groups excluding carboxylic acids is 2. The molecule has 26 heavy (non-hydrogen) atoms. The molecular formula is C22H28N2O2. The molecule has 4 bridgehead atoms. The van der Waals surface area contributed by atoms with E-state index in [2.05, 4.69) is 10.6 Å². The zero-order chi connectivity index (χ0) is 17.7. The molecule has 2 N–H and O–H groups in total. The molecule has 0 spiro atoms. The summed E-state index contributed by atoms with van der Waals surface area (Å²) in [5.74, 6) is 3.50. The first-order valence-corrected chi connectivity index (χ1v) is 10.4. The summed E-state index contributed by atoms with van der Waals surface area (Å²) >= 11 is 0. The molecule has 0 saturated heterocycles. The summed E-state index contributed by atoms with van der Waals surface area (Å²) in [5.41, 5.74) is 1.66. The Balaban J connectivity index is 1.17. The van der Waals surface area contributed by atoms with Gasteiger partial charge in [0.2, 0.25) is 11.8 Å². The quantitative estimate of drug-likeness (QED) is 0.842. The van der Waals surface area contributed by atoms with Crippen molar-refractivity contribution in [2.45, 2.75) is 51.4 Å². The highest BCUT2D eigenvalue weighted by molar-refractivity contribution is 5.95. The Morgan fingerprint density at radius 2 is 1.08 bits per heavy atom. The molecule has 0 radical (unpaired) electrons. The van der Waals surface area contributed by atoms with Crippen LogP contribution in [0.2, 0.25) is 0 Å². The maximum atomic E-state index is 12.5. The Labute approximate surface area is 155 Å². The minimum absolute atomic E-state index is 0.177. The van der Waals surface area contributed by atoms with E-state index in [1.165, 1.54) is 38.5 Å². The molecule has 5 rings (SSSR count). The Morgan fingerprint density at radius 1 is 0.654 bits per heavy atom. The molecule has 2 amide bonds. The summed E-state index contributed by atoms with van der Waals surface area (Å²) in [7, 11) is 0. The van der Waals surface area contributed by atoms with Crippen LogP contribution < -0.4 is 10.6 Å². The lowest BCUT2D eigenvalue weighted by Gasteiger charge is -2.21. The predicted octanol–water partition coefficient (Wildman–Crippen LogP) is 4.44. The molecule has 1 aromatic carbocycles. The Bertz CT molecular complexity index is 652. The van der Waals surface area contributed by atoms with E-state index < -0.39 is 0 Å². The molecule has 4 heteroatoms. The highest BCUT2D eigenvalue weighted by Gasteiger charge is 2.44. The van der Waals surface area contributed by atoms with Gasteiger partial charge in [-0.2, -0.15) is 0 Å². The summed E-state index contributed by atoms with van der Waals surface area (Å²) in [5, 5.41) is 6.15. The molecule has 4 aliphatic carbocycles. The monoisotopic (exact) mass is 352 g/mol. The molecular weight excluding hydrogens is 324 g/mol. The predicted molar refractivity (Wildman–Crippen MR) is 102 cm³/mol. The van der Waals surface area contributed by atoms with Gasteiger partial charge < -0.3 is 10.6 Å². The molecule has 4 nitrogen and oxygen atoms in total. The molecule has 4 fully saturated rings. The van der Waals surface area contributed by atoms with Crippen molar-refractivity contribution in [3.8, 4) is 0 Å². The third-order valence-corrected chi connectivity index (χ3v) is 7.57.